The maximum absolute atomic E-state index is 13.8. The van der Waals surface area contributed by atoms with Gasteiger partial charge in [-0.3, -0.25) is 0 Å². The van der Waals surface area contributed by atoms with Crippen LogP contribution in [0.5, 0.6) is 11.5 Å². The fourth-order valence-corrected chi connectivity index (χ4v) is 2.03. The molecule has 0 aliphatic carbocycles. The van der Waals surface area contributed by atoms with E-state index >= 15 is 0 Å². The number of nitrogen functional groups attached to an aromatic ring is 1. The highest BCUT2D eigenvalue weighted by Gasteiger charge is 2.16. The monoisotopic (exact) mass is 314 g/mol. The van der Waals surface area contributed by atoms with Gasteiger partial charge in [-0.1, -0.05) is 11.6 Å². The summed E-state index contributed by atoms with van der Waals surface area (Å²) in [7, 11) is 2.89. The lowest BCUT2D eigenvalue weighted by atomic mass is 10.2. The first-order chi connectivity index (χ1) is 9.97. The average molecular weight is 315 g/mol. The Kier molecular flexibility index (Phi) is 4.37. The Balaban J connectivity index is 2.49. The van der Waals surface area contributed by atoms with Crippen molar-refractivity contribution >= 4 is 28.7 Å². The molecular formula is C14H13ClF2N2O2. The Bertz CT molecular complexity index is 681. The van der Waals surface area contributed by atoms with Crippen molar-refractivity contribution in [3.05, 3.63) is 40.9 Å². The van der Waals surface area contributed by atoms with E-state index in [1.165, 1.54) is 32.4 Å². The maximum Gasteiger partial charge on any atom is 0.184 e. The van der Waals surface area contributed by atoms with E-state index in [1.54, 1.807) is 0 Å². The van der Waals surface area contributed by atoms with Gasteiger partial charge in [0.15, 0.2) is 11.6 Å². The van der Waals surface area contributed by atoms with Gasteiger partial charge >= 0.3 is 0 Å². The van der Waals surface area contributed by atoms with Gasteiger partial charge < -0.3 is 20.5 Å². The van der Waals surface area contributed by atoms with Crippen molar-refractivity contribution in [2.45, 2.75) is 0 Å². The number of benzene rings is 2. The summed E-state index contributed by atoms with van der Waals surface area (Å²) < 4.78 is 37.3. The third kappa shape index (κ3) is 2.95. The van der Waals surface area contributed by atoms with Crippen LogP contribution in [-0.2, 0) is 0 Å². The third-order valence-electron chi connectivity index (χ3n) is 2.86. The van der Waals surface area contributed by atoms with Crippen LogP contribution in [0.25, 0.3) is 0 Å². The molecule has 0 atom stereocenters. The highest BCUT2D eigenvalue weighted by atomic mass is 35.5. The normalized spacial score (nSPS) is 10.3. The van der Waals surface area contributed by atoms with Crippen LogP contribution >= 0.6 is 11.6 Å². The topological polar surface area (TPSA) is 56.5 Å². The number of methoxy groups -OCH3 is 2. The van der Waals surface area contributed by atoms with Gasteiger partial charge in [-0.25, -0.2) is 8.78 Å². The van der Waals surface area contributed by atoms with Crippen molar-refractivity contribution in [2.75, 3.05) is 25.3 Å². The molecule has 3 N–H and O–H groups in total. The smallest absolute Gasteiger partial charge is 0.184 e. The van der Waals surface area contributed by atoms with Gasteiger partial charge in [-0.15, -0.1) is 0 Å². The Morgan fingerprint density at radius 2 is 1.76 bits per heavy atom. The number of rotatable bonds is 4. The fraction of sp³-hybridized carbons (Fsp3) is 0.143. The molecule has 0 radical (unpaired) electrons. The van der Waals surface area contributed by atoms with Crippen LogP contribution in [0.4, 0.5) is 25.8 Å². The Morgan fingerprint density at radius 3 is 2.38 bits per heavy atom. The molecule has 2 aromatic rings. The van der Waals surface area contributed by atoms with Gasteiger partial charge in [0, 0.05) is 6.07 Å². The minimum atomic E-state index is -1.08. The molecule has 4 nitrogen and oxygen atoms in total. The van der Waals surface area contributed by atoms with E-state index in [1.807, 2.05) is 0 Å². The van der Waals surface area contributed by atoms with Crippen LogP contribution in [0.15, 0.2) is 24.3 Å². The van der Waals surface area contributed by atoms with Crippen LogP contribution < -0.4 is 20.5 Å². The van der Waals surface area contributed by atoms with Crippen LogP contribution in [-0.4, -0.2) is 14.2 Å². The van der Waals surface area contributed by atoms with Crippen molar-refractivity contribution in [3.63, 3.8) is 0 Å². The molecule has 0 aromatic heterocycles. The van der Waals surface area contributed by atoms with Crippen LogP contribution in [0.1, 0.15) is 0 Å². The largest absolute Gasteiger partial charge is 0.495 e. The number of ether oxygens (including phenoxy) is 2. The van der Waals surface area contributed by atoms with Gasteiger partial charge in [0.2, 0.25) is 0 Å². The second kappa shape index (κ2) is 6.05. The molecule has 0 bridgehead atoms. The van der Waals surface area contributed by atoms with Crippen molar-refractivity contribution in [1.82, 2.24) is 0 Å². The lowest BCUT2D eigenvalue weighted by Crippen LogP contribution is -2.03. The van der Waals surface area contributed by atoms with Gasteiger partial charge in [-0.05, 0) is 18.2 Å². The molecule has 0 fully saturated rings. The van der Waals surface area contributed by atoms with Crippen molar-refractivity contribution < 1.29 is 18.3 Å². The molecule has 2 aromatic carbocycles. The SMILES string of the molecule is COc1cc(OC)c(Nc2c(N)ccc(F)c2F)cc1Cl. The summed E-state index contributed by atoms with van der Waals surface area (Å²) in [5.74, 6) is -1.35. The molecule has 0 saturated heterocycles. The molecule has 2 rings (SSSR count). The van der Waals surface area contributed by atoms with Crippen LogP contribution in [0.3, 0.4) is 0 Å². The zero-order valence-corrected chi connectivity index (χ0v) is 12.1. The van der Waals surface area contributed by atoms with Gasteiger partial charge in [0.25, 0.3) is 0 Å². The molecule has 21 heavy (non-hydrogen) atoms. The predicted molar refractivity (Wildman–Crippen MR) is 78.6 cm³/mol. The van der Waals surface area contributed by atoms with Gasteiger partial charge in [0.1, 0.15) is 17.2 Å². The first-order valence-corrected chi connectivity index (χ1v) is 6.27. The van der Waals surface area contributed by atoms with E-state index in [4.69, 9.17) is 26.8 Å². The second-order valence-electron chi connectivity index (χ2n) is 4.14. The van der Waals surface area contributed by atoms with Crippen molar-refractivity contribution in [2.24, 2.45) is 0 Å². The first-order valence-electron chi connectivity index (χ1n) is 5.90. The fourth-order valence-electron chi connectivity index (χ4n) is 1.79. The van der Waals surface area contributed by atoms with Crippen LogP contribution in [0, 0.1) is 11.6 Å². The predicted octanol–water partition coefficient (Wildman–Crippen LogP) is 3.96. The Labute approximate surface area is 125 Å². The van der Waals surface area contributed by atoms with E-state index in [0.29, 0.717) is 17.2 Å². The molecule has 0 saturated carbocycles. The first kappa shape index (κ1) is 15.2. The van der Waals surface area contributed by atoms with E-state index in [0.717, 1.165) is 6.07 Å². The zero-order valence-electron chi connectivity index (χ0n) is 11.3. The Morgan fingerprint density at radius 1 is 1.10 bits per heavy atom. The third-order valence-corrected chi connectivity index (χ3v) is 3.16. The zero-order chi connectivity index (χ0) is 15.6. The minimum absolute atomic E-state index is 0.0582. The number of hydrogen-bond acceptors (Lipinski definition) is 4. The molecule has 0 unspecified atom stereocenters. The standard InChI is InChI=1S/C14H13ClF2N2O2/c1-20-11-6-12(21-2)10(5-7(11)15)19-14-9(18)4-3-8(16)13(14)17/h3-6,19H,18H2,1-2H3. The lowest BCUT2D eigenvalue weighted by molar-refractivity contribution is 0.395. The molecule has 112 valence electrons. The highest BCUT2D eigenvalue weighted by molar-refractivity contribution is 6.32. The maximum atomic E-state index is 13.8. The number of nitrogens with one attached hydrogen (secondary N) is 1. The minimum Gasteiger partial charge on any atom is -0.495 e. The van der Waals surface area contributed by atoms with E-state index in [-0.39, 0.29) is 16.4 Å². The van der Waals surface area contributed by atoms with Gasteiger partial charge in [-0.2, -0.15) is 0 Å². The summed E-state index contributed by atoms with van der Waals surface area (Å²) in [5.41, 5.74) is 5.86. The average Bonchev–Trinajstić information content (AvgIpc) is 2.48. The Hall–Kier alpha value is -2.21. The quantitative estimate of drug-likeness (QED) is 0.839. The van der Waals surface area contributed by atoms with E-state index in [9.17, 15) is 8.78 Å². The van der Waals surface area contributed by atoms with E-state index < -0.39 is 11.6 Å². The number of nitrogens with two attached hydrogens (primary N) is 1. The van der Waals surface area contributed by atoms with Gasteiger partial charge in [0.05, 0.1) is 30.6 Å². The second-order valence-corrected chi connectivity index (χ2v) is 4.54. The number of hydrogen-bond donors (Lipinski definition) is 2. The summed E-state index contributed by atoms with van der Waals surface area (Å²) in [6.45, 7) is 0. The molecule has 7 heteroatoms. The van der Waals surface area contributed by atoms with E-state index in [2.05, 4.69) is 5.32 Å². The molecule has 0 amide bonds. The van der Waals surface area contributed by atoms with Crippen molar-refractivity contribution in [3.8, 4) is 11.5 Å². The van der Waals surface area contributed by atoms with Crippen LogP contribution in [0.2, 0.25) is 5.02 Å². The number of halogens is 3. The summed E-state index contributed by atoms with van der Waals surface area (Å²) in [4.78, 5) is 0. The summed E-state index contributed by atoms with van der Waals surface area (Å²) >= 11 is 6.02. The molecule has 0 spiro atoms. The lowest BCUT2D eigenvalue weighted by Gasteiger charge is -2.15. The molecular weight excluding hydrogens is 302 g/mol. The molecule has 0 heterocycles. The number of anilines is 3. The summed E-state index contributed by atoms with van der Waals surface area (Å²) in [6.07, 6.45) is 0. The molecule has 0 aliphatic rings. The van der Waals surface area contributed by atoms with Crippen molar-refractivity contribution in [1.29, 1.82) is 0 Å². The highest BCUT2D eigenvalue weighted by Crippen LogP contribution is 2.39. The summed E-state index contributed by atoms with van der Waals surface area (Å²) in [6, 6.07) is 5.22. The summed E-state index contributed by atoms with van der Waals surface area (Å²) in [5, 5.41) is 2.98. The molecule has 0 aliphatic heterocycles.